The molecule has 0 aromatic rings. The van der Waals surface area contributed by atoms with E-state index in [9.17, 15) is 0 Å². The number of hydrogen-bond acceptors (Lipinski definition) is 1. The van der Waals surface area contributed by atoms with Crippen molar-refractivity contribution in [3.05, 3.63) is 0 Å². The number of hydrogen-bond donors (Lipinski definition) is 0. The summed E-state index contributed by atoms with van der Waals surface area (Å²) in [6.45, 7) is 7.51. The Labute approximate surface area is 164 Å². The van der Waals surface area contributed by atoms with Crippen LogP contribution in [0, 0.1) is 23.7 Å². The minimum Gasteiger partial charge on any atom is -0.300 e. The molecule has 0 amide bonds. The van der Waals surface area contributed by atoms with Crippen LogP contribution in [0.5, 0.6) is 0 Å². The van der Waals surface area contributed by atoms with Crippen LogP contribution < -0.4 is 0 Å². The van der Waals surface area contributed by atoms with Crippen molar-refractivity contribution < 1.29 is 0 Å². The predicted molar refractivity (Wildman–Crippen MR) is 115 cm³/mol. The summed E-state index contributed by atoms with van der Waals surface area (Å²) < 4.78 is 0. The maximum absolute atomic E-state index is 2.89. The van der Waals surface area contributed by atoms with Gasteiger partial charge in [-0.1, -0.05) is 65.2 Å². The highest BCUT2D eigenvalue weighted by molar-refractivity contribution is 4.86. The molecular weight excluding hydrogens is 314 g/mol. The molecule has 2 aliphatic carbocycles. The molecule has 0 atom stereocenters. The molecule has 1 nitrogen and oxygen atoms in total. The quantitative estimate of drug-likeness (QED) is 0.406. The van der Waals surface area contributed by atoms with Gasteiger partial charge in [0.2, 0.25) is 0 Å². The molecule has 3 aliphatic rings. The van der Waals surface area contributed by atoms with Crippen LogP contribution in [-0.4, -0.2) is 24.0 Å². The van der Waals surface area contributed by atoms with Crippen LogP contribution in [0.25, 0.3) is 0 Å². The Morgan fingerprint density at radius 3 is 1.73 bits per heavy atom. The first kappa shape index (κ1) is 20.7. The molecule has 26 heavy (non-hydrogen) atoms. The molecule has 1 aliphatic heterocycles. The van der Waals surface area contributed by atoms with Crippen molar-refractivity contribution in [2.45, 2.75) is 123 Å². The lowest BCUT2D eigenvalue weighted by molar-refractivity contribution is 0.0718. The smallest absolute Gasteiger partial charge is 0.00954 e. The van der Waals surface area contributed by atoms with Gasteiger partial charge in [0.1, 0.15) is 0 Å². The first-order valence-electron chi connectivity index (χ1n) is 12.5. The summed E-state index contributed by atoms with van der Waals surface area (Å²) in [5.74, 6) is 4.30. The van der Waals surface area contributed by atoms with E-state index in [2.05, 4.69) is 18.7 Å². The SMILES string of the molecule is CCCCCC1CCN(C2CCC([C@H]3CC[C@H](CCC)CC3)CC2)CC1. The highest BCUT2D eigenvalue weighted by atomic mass is 15.2. The average molecular weight is 362 g/mol. The van der Waals surface area contributed by atoms with Gasteiger partial charge in [0.25, 0.3) is 0 Å². The zero-order valence-electron chi connectivity index (χ0n) is 18.1. The van der Waals surface area contributed by atoms with Gasteiger partial charge in [-0.05, 0) is 88.1 Å². The minimum absolute atomic E-state index is 0.944. The lowest BCUT2D eigenvalue weighted by atomic mass is 9.69. The molecule has 2 saturated carbocycles. The van der Waals surface area contributed by atoms with Gasteiger partial charge in [0.05, 0.1) is 0 Å². The maximum Gasteiger partial charge on any atom is 0.00954 e. The van der Waals surface area contributed by atoms with Crippen molar-refractivity contribution in [2.75, 3.05) is 13.1 Å². The zero-order chi connectivity index (χ0) is 18.2. The Hall–Kier alpha value is -0.0400. The number of unbranched alkanes of at least 4 members (excludes halogenated alkanes) is 2. The highest BCUT2D eigenvalue weighted by Crippen LogP contribution is 2.42. The maximum atomic E-state index is 2.89. The average Bonchev–Trinajstić information content (AvgIpc) is 2.70. The molecule has 0 aromatic carbocycles. The molecule has 0 unspecified atom stereocenters. The van der Waals surface area contributed by atoms with Crippen molar-refractivity contribution in [3.63, 3.8) is 0 Å². The lowest BCUT2D eigenvalue weighted by Crippen LogP contribution is -2.43. The summed E-state index contributed by atoms with van der Waals surface area (Å²) in [5, 5.41) is 0. The predicted octanol–water partition coefficient (Wildman–Crippen LogP) is 7.44. The number of rotatable bonds is 8. The Morgan fingerprint density at radius 1 is 0.577 bits per heavy atom. The third-order valence-corrected chi connectivity index (χ3v) is 8.38. The molecule has 0 aromatic heterocycles. The van der Waals surface area contributed by atoms with E-state index in [1.165, 1.54) is 77.3 Å². The highest BCUT2D eigenvalue weighted by Gasteiger charge is 2.33. The third-order valence-electron chi connectivity index (χ3n) is 8.38. The molecule has 0 radical (unpaired) electrons. The molecule has 0 bridgehead atoms. The topological polar surface area (TPSA) is 3.24 Å². The molecule has 0 spiro atoms. The van der Waals surface area contributed by atoms with Crippen LogP contribution in [0.3, 0.4) is 0 Å². The number of nitrogens with zero attached hydrogens (tertiary/aromatic N) is 1. The van der Waals surface area contributed by atoms with E-state index in [0.717, 1.165) is 29.7 Å². The second-order valence-corrected chi connectivity index (χ2v) is 10.1. The second kappa shape index (κ2) is 11.1. The lowest BCUT2D eigenvalue weighted by Gasteiger charge is -2.43. The Morgan fingerprint density at radius 2 is 1.15 bits per heavy atom. The van der Waals surface area contributed by atoms with Gasteiger partial charge in [-0.25, -0.2) is 0 Å². The molecule has 1 heterocycles. The van der Waals surface area contributed by atoms with E-state index in [1.54, 1.807) is 38.5 Å². The van der Waals surface area contributed by atoms with E-state index >= 15 is 0 Å². The van der Waals surface area contributed by atoms with Crippen LogP contribution in [0.2, 0.25) is 0 Å². The Kier molecular flexibility index (Phi) is 8.82. The van der Waals surface area contributed by atoms with Crippen molar-refractivity contribution >= 4 is 0 Å². The second-order valence-electron chi connectivity index (χ2n) is 10.1. The van der Waals surface area contributed by atoms with Crippen LogP contribution in [0.1, 0.15) is 117 Å². The van der Waals surface area contributed by atoms with Crippen molar-refractivity contribution in [1.82, 2.24) is 4.90 Å². The van der Waals surface area contributed by atoms with E-state index in [0.29, 0.717) is 0 Å². The normalized spacial score (nSPS) is 34.8. The van der Waals surface area contributed by atoms with E-state index in [4.69, 9.17) is 0 Å². The summed E-state index contributed by atoms with van der Waals surface area (Å²) in [6, 6.07) is 0.944. The van der Waals surface area contributed by atoms with Gasteiger partial charge in [-0.15, -0.1) is 0 Å². The largest absolute Gasteiger partial charge is 0.300 e. The van der Waals surface area contributed by atoms with E-state index in [-0.39, 0.29) is 0 Å². The molecule has 3 fully saturated rings. The number of likely N-dealkylation sites (tertiary alicyclic amines) is 1. The number of piperidine rings is 1. The van der Waals surface area contributed by atoms with Crippen LogP contribution in [-0.2, 0) is 0 Å². The van der Waals surface area contributed by atoms with Crippen LogP contribution >= 0.6 is 0 Å². The van der Waals surface area contributed by atoms with E-state index in [1.807, 2.05) is 0 Å². The molecule has 1 heteroatoms. The first-order chi connectivity index (χ1) is 12.8. The molecule has 152 valence electrons. The van der Waals surface area contributed by atoms with Gasteiger partial charge in [0.15, 0.2) is 0 Å². The molecule has 0 N–H and O–H groups in total. The first-order valence-corrected chi connectivity index (χ1v) is 12.5. The van der Waals surface area contributed by atoms with E-state index < -0.39 is 0 Å². The fourth-order valence-corrected chi connectivity index (χ4v) is 6.58. The van der Waals surface area contributed by atoms with Gasteiger partial charge >= 0.3 is 0 Å². The zero-order valence-corrected chi connectivity index (χ0v) is 18.1. The van der Waals surface area contributed by atoms with Crippen LogP contribution in [0.15, 0.2) is 0 Å². The monoisotopic (exact) mass is 361 g/mol. The van der Waals surface area contributed by atoms with Crippen LogP contribution in [0.4, 0.5) is 0 Å². The summed E-state index contributed by atoms with van der Waals surface area (Å²) in [6.07, 6.45) is 24.0. The van der Waals surface area contributed by atoms with Gasteiger partial charge in [-0.3, -0.25) is 0 Å². The van der Waals surface area contributed by atoms with Gasteiger partial charge in [0, 0.05) is 6.04 Å². The van der Waals surface area contributed by atoms with Gasteiger partial charge in [-0.2, -0.15) is 0 Å². The van der Waals surface area contributed by atoms with Crippen molar-refractivity contribution in [3.8, 4) is 0 Å². The van der Waals surface area contributed by atoms with Crippen molar-refractivity contribution in [2.24, 2.45) is 23.7 Å². The Bertz CT molecular complexity index is 354. The fourth-order valence-electron chi connectivity index (χ4n) is 6.58. The molecular formula is C25H47N. The van der Waals surface area contributed by atoms with Gasteiger partial charge < -0.3 is 4.90 Å². The summed E-state index contributed by atoms with van der Waals surface area (Å²) in [4.78, 5) is 2.89. The third kappa shape index (κ3) is 5.98. The summed E-state index contributed by atoms with van der Waals surface area (Å²) in [7, 11) is 0. The molecule has 3 rings (SSSR count). The Balaban J connectivity index is 1.32. The minimum atomic E-state index is 0.944. The summed E-state index contributed by atoms with van der Waals surface area (Å²) >= 11 is 0. The fraction of sp³-hybridized carbons (Fsp3) is 1.00. The standard InChI is InChI=1S/C25H47N/c1-3-5-6-8-22-17-19-26(20-18-22)25-15-13-24(14-16-25)23-11-9-21(7-4-2)10-12-23/h21-25H,3-20H2,1-2H3/t21-,23-,24?,25?. The molecule has 1 saturated heterocycles. The van der Waals surface area contributed by atoms with Crippen molar-refractivity contribution in [1.29, 1.82) is 0 Å². The summed E-state index contributed by atoms with van der Waals surface area (Å²) in [5.41, 5.74) is 0.